The summed E-state index contributed by atoms with van der Waals surface area (Å²) in [5, 5.41) is 10.3. The Morgan fingerprint density at radius 2 is 2.29 bits per heavy atom. The van der Waals surface area contributed by atoms with Gasteiger partial charge in [0, 0.05) is 36.8 Å². The highest BCUT2D eigenvalue weighted by Gasteiger charge is 2.24. The van der Waals surface area contributed by atoms with E-state index in [1.807, 2.05) is 36.1 Å². The van der Waals surface area contributed by atoms with Gasteiger partial charge in [0.15, 0.2) is 5.82 Å². The highest BCUT2D eigenvalue weighted by atomic mass is 16.2. The number of carbonyl (C=O) groups excluding carboxylic acids is 1. The van der Waals surface area contributed by atoms with E-state index in [0.717, 1.165) is 31.0 Å². The van der Waals surface area contributed by atoms with Crippen molar-refractivity contribution in [3.8, 4) is 11.4 Å². The summed E-state index contributed by atoms with van der Waals surface area (Å²) >= 11 is 0. The van der Waals surface area contributed by atoms with E-state index in [1.54, 1.807) is 0 Å². The van der Waals surface area contributed by atoms with Crippen LogP contribution in [-0.4, -0.2) is 51.7 Å². The van der Waals surface area contributed by atoms with Crippen molar-refractivity contribution >= 4 is 5.91 Å². The Hall–Kier alpha value is -2.21. The first-order valence-corrected chi connectivity index (χ1v) is 7.16. The van der Waals surface area contributed by atoms with Gasteiger partial charge in [-0.15, -0.1) is 0 Å². The fourth-order valence-electron chi connectivity index (χ4n) is 2.57. The summed E-state index contributed by atoms with van der Waals surface area (Å²) in [6, 6.07) is 7.71. The van der Waals surface area contributed by atoms with Crippen LogP contribution in [0.2, 0.25) is 0 Å². The van der Waals surface area contributed by atoms with Gasteiger partial charge < -0.3 is 10.2 Å². The number of aryl methyl sites for hydroxylation is 1. The molecule has 1 atom stereocenters. The quantitative estimate of drug-likeness (QED) is 0.870. The average molecular weight is 285 g/mol. The number of hydrogen-bond donors (Lipinski definition) is 2. The van der Waals surface area contributed by atoms with Crippen LogP contribution < -0.4 is 5.32 Å². The van der Waals surface area contributed by atoms with E-state index in [4.69, 9.17) is 0 Å². The summed E-state index contributed by atoms with van der Waals surface area (Å²) in [6.07, 6.45) is 0. The molecule has 0 bridgehead atoms. The lowest BCUT2D eigenvalue weighted by molar-refractivity contribution is 0.0656. The molecule has 1 saturated heterocycles. The van der Waals surface area contributed by atoms with E-state index in [2.05, 4.69) is 27.4 Å². The summed E-state index contributed by atoms with van der Waals surface area (Å²) in [5.41, 5.74) is 1.54. The van der Waals surface area contributed by atoms with Crippen molar-refractivity contribution in [1.82, 2.24) is 25.4 Å². The molecule has 2 aromatic rings. The molecule has 1 amide bonds. The maximum atomic E-state index is 12.6. The fraction of sp³-hybridized carbons (Fsp3) is 0.400. The number of nitrogens with zero attached hydrogens (tertiary/aromatic N) is 3. The Kier molecular flexibility index (Phi) is 3.70. The predicted octanol–water partition coefficient (Wildman–Crippen LogP) is 1.21. The Labute approximate surface area is 123 Å². The van der Waals surface area contributed by atoms with Gasteiger partial charge in [-0.3, -0.25) is 9.89 Å². The first-order valence-electron chi connectivity index (χ1n) is 7.16. The third-order valence-electron chi connectivity index (χ3n) is 3.73. The second-order valence-electron chi connectivity index (χ2n) is 5.38. The highest BCUT2D eigenvalue weighted by Crippen LogP contribution is 2.18. The second-order valence-corrected chi connectivity index (χ2v) is 5.38. The zero-order valence-corrected chi connectivity index (χ0v) is 12.3. The van der Waals surface area contributed by atoms with Gasteiger partial charge in [-0.25, -0.2) is 4.98 Å². The highest BCUT2D eigenvalue weighted by molar-refractivity contribution is 5.95. The molecule has 6 nitrogen and oxygen atoms in total. The smallest absolute Gasteiger partial charge is 0.254 e. The van der Waals surface area contributed by atoms with Crippen LogP contribution in [0.5, 0.6) is 0 Å². The molecule has 3 rings (SSSR count). The molecule has 0 spiro atoms. The number of rotatable bonds is 2. The number of nitrogens with one attached hydrogen (secondary N) is 2. The maximum Gasteiger partial charge on any atom is 0.254 e. The van der Waals surface area contributed by atoms with E-state index >= 15 is 0 Å². The molecule has 1 aliphatic rings. The Balaban J connectivity index is 1.87. The van der Waals surface area contributed by atoms with E-state index in [0.29, 0.717) is 11.4 Å². The molecule has 0 saturated carbocycles. The molecule has 0 unspecified atom stereocenters. The topological polar surface area (TPSA) is 73.9 Å². The lowest BCUT2D eigenvalue weighted by Crippen LogP contribution is -2.52. The number of benzene rings is 1. The van der Waals surface area contributed by atoms with Gasteiger partial charge in [0.05, 0.1) is 0 Å². The van der Waals surface area contributed by atoms with Crippen molar-refractivity contribution in [2.45, 2.75) is 19.9 Å². The summed E-state index contributed by atoms with van der Waals surface area (Å²) in [6.45, 7) is 6.34. The minimum atomic E-state index is 0.0677. The van der Waals surface area contributed by atoms with Crippen LogP contribution in [0, 0.1) is 6.92 Å². The predicted molar refractivity (Wildman–Crippen MR) is 79.9 cm³/mol. The van der Waals surface area contributed by atoms with Gasteiger partial charge >= 0.3 is 0 Å². The molecule has 6 heteroatoms. The first-order chi connectivity index (χ1) is 10.1. The van der Waals surface area contributed by atoms with Crippen LogP contribution >= 0.6 is 0 Å². The van der Waals surface area contributed by atoms with Gasteiger partial charge in [0.1, 0.15) is 5.82 Å². The lowest BCUT2D eigenvalue weighted by atomic mass is 10.1. The van der Waals surface area contributed by atoms with Crippen LogP contribution in [0.4, 0.5) is 0 Å². The van der Waals surface area contributed by atoms with Crippen LogP contribution in [0.1, 0.15) is 23.1 Å². The van der Waals surface area contributed by atoms with Crippen molar-refractivity contribution in [3.63, 3.8) is 0 Å². The van der Waals surface area contributed by atoms with Crippen molar-refractivity contribution in [2.75, 3.05) is 19.6 Å². The van der Waals surface area contributed by atoms with E-state index < -0.39 is 0 Å². The maximum absolute atomic E-state index is 12.6. The van der Waals surface area contributed by atoms with Crippen LogP contribution in [0.25, 0.3) is 11.4 Å². The summed E-state index contributed by atoms with van der Waals surface area (Å²) in [7, 11) is 0. The van der Waals surface area contributed by atoms with Crippen molar-refractivity contribution in [1.29, 1.82) is 0 Å². The van der Waals surface area contributed by atoms with E-state index in [9.17, 15) is 4.79 Å². The largest absolute Gasteiger partial charge is 0.333 e. The Bertz CT molecular complexity index is 651. The van der Waals surface area contributed by atoms with Crippen LogP contribution in [0.15, 0.2) is 24.3 Å². The number of hydrogen-bond acceptors (Lipinski definition) is 4. The number of amides is 1. The minimum absolute atomic E-state index is 0.0677. The third kappa shape index (κ3) is 2.80. The van der Waals surface area contributed by atoms with Gasteiger partial charge in [-0.2, -0.15) is 5.10 Å². The number of aromatic nitrogens is 3. The van der Waals surface area contributed by atoms with Gasteiger partial charge in [0.25, 0.3) is 5.91 Å². The molecule has 2 N–H and O–H groups in total. The second kappa shape index (κ2) is 5.65. The number of carbonyl (C=O) groups is 1. The van der Waals surface area contributed by atoms with Crippen molar-refractivity contribution < 1.29 is 4.79 Å². The molecule has 21 heavy (non-hydrogen) atoms. The standard InChI is InChI=1S/C15H19N5O/c1-10-9-16-6-7-20(10)15(21)13-5-3-4-12(8-13)14-17-11(2)18-19-14/h3-5,8,10,16H,6-7,9H2,1-2H3,(H,17,18,19)/t10-/m1/s1. The molecule has 0 aliphatic carbocycles. The summed E-state index contributed by atoms with van der Waals surface area (Å²) < 4.78 is 0. The number of piperazine rings is 1. The molecule has 1 fully saturated rings. The minimum Gasteiger partial charge on any atom is -0.333 e. The lowest BCUT2D eigenvalue weighted by Gasteiger charge is -2.34. The SMILES string of the molecule is Cc1nc(-c2cccc(C(=O)N3CCNC[C@H]3C)c2)n[nH]1. The molecule has 110 valence electrons. The monoisotopic (exact) mass is 285 g/mol. The number of aromatic amines is 1. The first kappa shape index (κ1) is 13.8. The number of H-pyrrole nitrogens is 1. The van der Waals surface area contributed by atoms with Crippen LogP contribution in [0.3, 0.4) is 0 Å². The zero-order valence-electron chi connectivity index (χ0n) is 12.3. The van der Waals surface area contributed by atoms with Crippen LogP contribution in [-0.2, 0) is 0 Å². The summed E-state index contributed by atoms with van der Waals surface area (Å²) in [4.78, 5) is 18.9. The fourth-order valence-corrected chi connectivity index (χ4v) is 2.57. The molecule has 2 heterocycles. The van der Waals surface area contributed by atoms with E-state index in [-0.39, 0.29) is 11.9 Å². The zero-order chi connectivity index (χ0) is 14.8. The van der Waals surface area contributed by atoms with Gasteiger partial charge in [0.2, 0.25) is 0 Å². The van der Waals surface area contributed by atoms with Crippen molar-refractivity contribution in [3.05, 3.63) is 35.7 Å². The molecular formula is C15H19N5O. The molecular weight excluding hydrogens is 266 g/mol. The molecule has 1 aromatic heterocycles. The average Bonchev–Trinajstić information content (AvgIpc) is 2.94. The summed E-state index contributed by atoms with van der Waals surface area (Å²) in [5.74, 6) is 1.45. The molecule has 1 aliphatic heterocycles. The molecule has 1 aromatic carbocycles. The Morgan fingerprint density at radius 3 is 3.00 bits per heavy atom. The van der Waals surface area contributed by atoms with Gasteiger partial charge in [-0.1, -0.05) is 12.1 Å². The normalized spacial score (nSPS) is 18.8. The Morgan fingerprint density at radius 1 is 1.43 bits per heavy atom. The van der Waals surface area contributed by atoms with Crippen molar-refractivity contribution in [2.24, 2.45) is 0 Å². The third-order valence-corrected chi connectivity index (χ3v) is 3.73. The molecule has 0 radical (unpaired) electrons. The van der Waals surface area contributed by atoms with E-state index in [1.165, 1.54) is 0 Å². The van der Waals surface area contributed by atoms with Gasteiger partial charge in [-0.05, 0) is 26.0 Å².